The van der Waals surface area contributed by atoms with E-state index < -0.39 is 0 Å². The molecule has 0 aliphatic carbocycles. The topological polar surface area (TPSA) is 52.0 Å². The summed E-state index contributed by atoms with van der Waals surface area (Å²) in [6.45, 7) is 0.674. The molecule has 0 bridgehead atoms. The van der Waals surface area contributed by atoms with E-state index in [2.05, 4.69) is 15.9 Å². The van der Waals surface area contributed by atoms with Crippen LogP contribution in [0.5, 0.6) is 0 Å². The lowest BCUT2D eigenvalue weighted by Gasteiger charge is -2.00. The van der Waals surface area contributed by atoms with Crippen LogP contribution < -0.4 is 11.5 Å². The van der Waals surface area contributed by atoms with Crippen LogP contribution in [-0.2, 0) is 0 Å². The van der Waals surface area contributed by atoms with E-state index in [1.54, 1.807) is 0 Å². The summed E-state index contributed by atoms with van der Waals surface area (Å²) in [5.41, 5.74) is 13.0. The van der Waals surface area contributed by atoms with Gasteiger partial charge in [-0.3, -0.25) is 0 Å². The summed E-state index contributed by atoms with van der Waals surface area (Å²) < 4.78 is 1.00. The van der Waals surface area contributed by atoms with Crippen LogP contribution in [0.15, 0.2) is 28.7 Å². The first kappa shape index (κ1) is 10.3. The summed E-state index contributed by atoms with van der Waals surface area (Å²) in [6, 6.07) is 5.84. The second-order valence-corrected chi connectivity index (χ2v) is 3.67. The number of benzene rings is 1. The summed E-state index contributed by atoms with van der Waals surface area (Å²) in [7, 11) is 0. The first-order chi connectivity index (χ1) is 6.24. The zero-order valence-electron chi connectivity index (χ0n) is 7.33. The van der Waals surface area contributed by atoms with Crippen molar-refractivity contribution in [3.63, 3.8) is 0 Å². The van der Waals surface area contributed by atoms with Gasteiger partial charge in [-0.1, -0.05) is 34.1 Å². The average molecular weight is 241 g/mol. The van der Waals surface area contributed by atoms with Crippen molar-refractivity contribution < 1.29 is 0 Å². The van der Waals surface area contributed by atoms with Gasteiger partial charge in [0.2, 0.25) is 0 Å². The lowest BCUT2D eigenvalue weighted by Crippen LogP contribution is -1.95. The Balaban J connectivity index is 2.77. The molecule has 0 radical (unpaired) electrons. The number of rotatable bonds is 3. The number of nitrogens with two attached hydrogens (primary N) is 2. The molecule has 1 rings (SSSR count). The van der Waals surface area contributed by atoms with Crippen LogP contribution in [0, 0.1) is 0 Å². The van der Waals surface area contributed by atoms with E-state index in [0.29, 0.717) is 6.54 Å². The Morgan fingerprint density at radius 2 is 2.15 bits per heavy atom. The van der Waals surface area contributed by atoms with Gasteiger partial charge in [-0.05, 0) is 30.7 Å². The van der Waals surface area contributed by atoms with E-state index in [-0.39, 0.29) is 0 Å². The minimum atomic E-state index is 0.674. The Morgan fingerprint density at radius 1 is 1.38 bits per heavy atom. The monoisotopic (exact) mass is 240 g/mol. The molecule has 0 aliphatic rings. The van der Waals surface area contributed by atoms with E-state index in [0.717, 1.165) is 22.1 Å². The van der Waals surface area contributed by atoms with Gasteiger partial charge in [0.05, 0.1) is 0 Å². The van der Waals surface area contributed by atoms with Crippen molar-refractivity contribution >= 4 is 27.7 Å². The number of hydrogen-bond donors (Lipinski definition) is 2. The molecule has 0 heterocycles. The number of hydrogen-bond acceptors (Lipinski definition) is 2. The molecular formula is C10H13BrN2. The van der Waals surface area contributed by atoms with Gasteiger partial charge in [0.1, 0.15) is 0 Å². The van der Waals surface area contributed by atoms with Crippen molar-refractivity contribution in [2.45, 2.75) is 6.42 Å². The van der Waals surface area contributed by atoms with E-state index in [1.165, 1.54) is 0 Å². The third-order valence-electron chi connectivity index (χ3n) is 1.68. The second-order valence-electron chi connectivity index (χ2n) is 2.75. The van der Waals surface area contributed by atoms with Crippen LogP contribution in [0.2, 0.25) is 0 Å². The standard InChI is InChI=1S/C10H13BrN2/c11-9-5-4-8(10(13)7-9)3-1-2-6-12/h1,3-5,7H,2,6,12-13H2. The maximum absolute atomic E-state index is 5.79. The number of halogens is 1. The van der Waals surface area contributed by atoms with Crippen LogP contribution in [0.25, 0.3) is 6.08 Å². The van der Waals surface area contributed by atoms with Crippen molar-refractivity contribution in [2.75, 3.05) is 12.3 Å². The normalized spacial score (nSPS) is 10.9. The van der Waals surface area contributed by atoms with E-state index >= 15 is 0 Å². The minimum absolute atomic E-state index is 0.674. The van der Waals surface area contributed by atoms with Crippen LogP contribution in [0.4, 0.5) is 5.69 Å². The fraction of sp³-hybridized carbons (Fsp3) is 0.200. The molecule has 0 unspecified atom stereocenters. The first-order valence-corrected chi connectivity index (χ1v) is 4.95. The van der Waals surface area contributed by atoms with Crippen molar-refractivity contribution in [1.29, 1.82) is 0 Å². The molecule has 0 aromatic heterocycles. The zero-order valence-corrected chi connectivity index (χ0v) is 8.92. The van der Waals surface area contributed by atoms with Crippen LogP contribution in [-0.4, -0.2) is 6.54 Å². The fourth-order valence-corrected chi connectivity index (χ4v) is 1.38. The maximum Gasteiger partial charge on any atom is 0.0398 e. The van der Waals surface area contributed by atoms with Crippen molar-refractivity contribution in [3.8, 4) is 0 Å². The molecule has 0 atom stereocenters. The predicted molar refractivity (Wildman–Crippen MR) is 61.3 cm³/mol. The molecule has 0 aliphatic heterocycles. The van der Waals surface area contributed by atoms with Crippen molar-refractivity contribution in [1.82, 2.24) is 0 Å². The molecule has 3 heteroatoms. The van der Waals surface area contributed by atoms with Gasteiger partial charge in [0, 0.05) is 10.2 Å². The summed E-state index contributed by atoms with van der Waals surface area (Å²) in [4.78, 5) is 0. The van der Waals surface area contributed by atoms with E-state index in [1.807, 2.05) is 30.4 Å². The van der Waals surface area contributed by atoms with Gasteiger partial charge in [-0.25, -0.2) is 0 Å². The summed E-state index contributed by atoms with van der Waals surface area (Å²) in [5.74, 6) is 0. The Hall–Kier alpha value is -0.800. The number of nitrogen functional groups attached to an aromatic ring is 1. The molecule has 2 nitrogen and oxygen atoms in total. The number of anilines is 1. The van der Waals surface area contributed by atoms with Gasteiger partial charge in [0.25, 0.3) is 0 Å². The molecule has 0 saturated heterocycles. The molecular weight excluding hydrogens is 228 g/mol. The van der Waals surface area contributed by atoms with Crippen molar-refractivity contribution in [3.05, 3.63) is 34.3 Å². The molecule has 0 amide bonds. The quantitative estimate of drug-likeness (QED) is 0.798. The highest BCUT2D eigenvalue weighted by molar-refractivity contribution is 9.10. The maximum atomic E-state index is 5.79. The Kier molecular flexibility index (Phi) is 3.99. The van der Waals surface area contributed by atoms with Gasteiger partial charge in [-0.2, -0.15) is 0 Å². The Bertz CT molecular complexity index is 308. The summed E-state index contributed by atoms with van der Waals surface area (Å²) in [6.07, 6.45) is 4.91. The van der Waals surface area contributed by atoms with Crippen LogP contribution in [0.1, 0.15) is 12.0 Å². The molecule has 1 aromatic rings. The van der Waals surface area contributed by atoms with E-state index in [4.69, 9.17) is 11.5 Å². The van der Waals surface area contributed by atoms with Gasteiger partial charge in [-0.15, -0.1) is 0 Å². The van der Waals surface area contributed by atoms with Crippen LogP contribution in [0.3, 0.4) is 0 Å². The second kappa shape index (κ2) is 5.04. The minimum Gasteiger partial charge on any atom is -0.398 e. The lowest BCUT2D eigenvalue weighted by molar-refractivity contribution is 1.01. The average Bonchev–Trinajstić information content (AvgIpc) is 2.09. The predicted octanol–water partition coefficient (Wildman–Crippen LogP) is 2.39. The molecule has 0 spiro atoms. The molecule has 0 saturated carbocycles. The van der Waals surface area contributed by atoms with Crippen molar-refractivity contribution in [2.24, 2.45) is 5.73 Å². The lowest BCUT2D eigenvalue weighted by atomic mass is 10.1. The van der Waals surface area contributed by atoms with Gasteiger partial charge in [0.15, 0.2) is 0 Å². The highest BCUT2D eigenvalue weighted by Crippen LogP contribution is 2.19. The fourth-order valence-electron chi connectivity index (χ4n) is 1.00. The molecule has 0 fully saturated rings. The van der Waals surface area contributed by atoms with Gasteiger partial charge >= 0.3 is 0 Å². The zero-order chi connectivity index (χ0) is 9.68. The largest absolute Gasteiger partial charge is 0.398 e. The highest BCUT2D eigenvalue weighted by atomic mass is 79.9. The SMILES string of the molecule is NCCC=Cc1ccc(Br)cc1N. The van der Waals surface area contributed by atoms with Gasteiger partial charge < -0.3 is 11.5 Å². The Morgan fingerprint density at radius 3 is 2.77 bits per heavy atom. The third kappa shape index (κ3) is 3.20. The van der Waals surface area contributed by atoms with Crippen LogP contribution >= 0.6 is 15.9 Å². The summed E-state index contributed by atoms with van der Waals surface area (Å²) >= 11 is 3.35. The molecule has 1 aromatic carbocycles. The van der Waals surface area contributed by atoms with E-state index in [9.17, 15) is 0 Å². The third-order valence-corrected chi connectivity index (χ3v) is 2.17. The summed E-state index contributed by atoms with van der Waals surface area (Å²) in [5, 5.41) is 0. The Labute approximate surface area is 86.7 Å². The first-order valence-electron chi connectivity index (χ1n) is 4.15. The highest BCUT2D eigenvalue weighted by Gasteiger charge is 1.94. The molecule has 4 N–H and O–H groups in total. The smallest absolute Gasteiger partial charge is 0.0398 e. The molecule has 13 heavy (non-hydrogen) atoms. The molecule has 70 valence electrons.